The van der Waals surface area contributed by atoms with Crippen LogP contribution in [0.25, 0.3) is 0 Å². The van der Waals surface area contributed by atoms with Crippen molar-refractivity contribution in [3.05, 3.63) is 35.4 Å². The lowest BCUT2D eigenvalue weighted by Gasteiger charge is -2.33. The standard InChI is InChI=1S/C16H26N2/c1-13-6-4-8-15(10-13)11-18(3)12-16-14(2)7-5-9-17-16/h4,6,8,10,14,16-17H,5,7,9,11-12H2,1-3H3. The summed E-state index contributed by atoms with van der Waals surface area (Å²) < 4.78 is 0. The first-order valence-corrected chi connectivity index (χ1v) is 7.12. The van der Waals surface area contributed by atoms with Gasteiger partial charge in [0.25, 0.3) is 0 Å². The number of aryl methyl sites for hydroxylation is 1. The third-order valence-corrected chi connectivity index (χ3v) is 3.97. The van der Waals surface area contributed by atoms with Crippen LogP contribution >= 0.6 is 0 Å². The highest BCUT2D eigenvalue weighted by Crippen LogP contribution is 2.17. The Balaban J connectivity index is 1.86. The molecule has 1 aliphatic rings. The molecule has 18 heavy (non-hydrogen) atoms. The zero-order valence-electron chi connectivity index (χ0n) is 11.9. The maximum Gasteiger partial charge on any atom is 0.0231 e. The summed E-state index contributed by atoms with van der Waals surface area (Å²) in [6.07, 6.45) is 2.70. The number of rotatable bonds is 4. The smallest absolute Gasteiger partial charge is 0.0231 e. The number of benzene rings is 1. The predicted octanol–water partition coefficient (Wildman–Crippen LogP) is 2.81. The number of nitrogens with zero attached hydrogens (tertiary/aromatic N) is 1. The molecule has 1 aliphatic heterocycles. The lowest BCUT2D eigenvalue weighted by molar-refractivity contribution is 0.212. The van der Waals surface area contributed by atoms with Crippen molar-refractivity contribution in [3.8, 4) is 0 Å². The van der Waals surface area contributed by atoms with Crippen molar-refractivity contribution in [2.75, 3.05) is 20.1 Å². The number of piperidine rings is 1. The molecule has 2 nitrogen and oxygen atoms in total. The van der Waals surface area contributed by atoms with E-state index in [1.54, 1.807) is 0 Å². The first-order valence-electron chi connectivity index (χ1n) is 7.12. The number of hydrogen-bond acceptors (Lipinski definition) is 2. The number of nitrogens with one attached hydrogen (secondary N) is 1. The van der Waals surface area contributed by atoms with Crippen LogP contribution in [0.1, 0.15) is 30.9 Å². The lowest BCUT2D eigenvalue weighted by Crippen LogP contribution is -2.46. The molecule has 100 valence electrons. The van der Waals surface area contributed by atoms with Gasteiger partial charge in [-0.15, -0.1) is 0 Å². The second-order valence-corrected chi connectivity index (χ2v) is 5.87. The Morgan fingerprint density at radius 2 is 2.22 bits per heavy atom. The van der Waals surface area contributed by atoms with Crippen molar-refractivity contribution < 1.29 is 0 Å². The van der Waals surface area contributed by atoms with Gasteiger partial charge in [-0.25, -0.2) is 0 Å². The van der Waals surface area contributed by atoms with E-state index in [1.165, 1.54) is 30.5 Å². The van der Waals surface area contributed by atoms with Crippen LogP contribution in [0.15, 0.2) is 24.3 Å². The fraction of sp³-hybridized carbons (Fsp3) is 0.625. The average Bonchev–Trinajstić information content (AvgIpc) is 2.32. The van der Waals surface area contributed by atoms with Gasteiger partial charge in [0.1, 0.15) is 0 Å². The van der Waals surface area contributed by atoms with Gasteiger partial charge in [0.2, 0.25) is 0 Å². The Hall–Kier alpha value is -0.860. The average molecular weight is 246 g/mol. The molecule has 1 saturated heterocycles. The summed E-state index contributed by atoms with van der Waals surface area (Å²) in [5.41, 5.74) is 2.77. The van der Waals surface area contributed by atoms with Gasteiger partial charge < -0.3 is 10.2 Å². The van der Waals surface area contributed by atoms with Crippen molar-refractivity contribution in [3.63, 3.8) is 0 Å². The van der Waals surface area contributed by atoms with Gasteiger partial charge in [-0.05, 0) is 44.8 Å². The minimum absolute atomic E-state index is 0.661. The topological polar surface area (TPSA) is 15.3 Å². The molecule has 0 saturated carbocycles. The Bertz CT molecular complexity index is 375. The van der Waals surface area contributed by atoms with Gasteiger partial charge in [0.15, 0.2) is 0 Å². The maximum absolute atomic E-state index is 3.66. The molecular weight excluding hydrogens is 220 g/mol. The molecule has 2 unspecified atom stereocenters. The van der Waals surface area contributed by atoms with E-state index in [1.807, 2.05) is 0 Å². The van der Waals surface area contributed by atoms with Crippen LogP contribution in [-0.2, 0) is 6.54 Å². The van der Waals surface area contributed by atoms with E-state index in [0.717, 1.165) is 19.0 Å². The molecule has 2 atom stereocenters. The number of hydrogen-bond donors (Lipinski definition) is 1. The van der Waals surface area contributed by atoms with Crippen LogP contribution in [0, 0.1) is 12.8 Å². The van der Waals surface area contributed by atoms with Gasteiger partial charge in [0, 0.05) is 19.1 Å². The van der Waals surface area contributed by atoms with Crippen molar-refractivity contribution in [2.24, 2.45) is 5.92 Å². The molecule has 0 aromatic heterocycles. The Morgan fingerprint density at radius 3 is 2.94 bits per heavy atom. The van der Waals surface area contributed by atoms with Gasteiger partial charge in [-0.1, -0.05) is 36.8 Å². The van der Waals surface area contributed by atoms with Crippen molar-refractivity contribution in [2.45, 2.75) is 39.3 Å². The molecule has 1 aromatic rings. The Morgan fingerprint density at radius 1 is 1.39 bits per heavy atom. The second-order valence-electron chi connectivity index (χ2n) is 5.87. The zero-order chi connectivity index (χ0) is 13.0. The maximum atomic E-state index is 3.66. The molecule has 1 heterocycles. The largest absolute Gasteiger partial charge is 0.312 e. The van der Waals surface area contributed by atoms with Crippen LogP contribution in [-0.4, -0.2) is 31.1 Å². The first-order chi connectivity index (χ1) is 8.65. The van der Waals surface area contributed by atoms with E-state index < -0.39 is 0 Å². The van der Waals surface area contributed by atoms with Crippen molar-refractivity contribution in [1.82, 2.24) is 10.2 Å². The summed E-state index contributed by atoms with van der Waals surface area (Å²) in [5, 5.41) is 3.66. The summed E-state index contributed by atoms with van der Waals surface area (Å²) in [4.78, 5) is 2.44. The highest BCUT2D eigenvalue weighted by molar-refractivity contribution is 5.22. The van der Waals surface area contributed by atoms with Crippen LogP contribution in [0.3, 0.4) is 0 Å². The molecule has 1 N–H and O–H groups in total. The minimum atomic E-state index is 0.661. The highest BCUT2D eigenvalue weighted by atomic mass is 15.1. The van der Waals surface area contributed by atoms with E-state index in [-0.39, 0.29) is 0 Å². The molecule has 1 fully saturated rings. The van der Waals surface area contributed by atoms with Crippen LogP contribution < -0.4 is 5.32 Å². The summed E-state index contributed by atoms with van der Waals surface area (Å²) >= 11 is 0. The summed E-state index contributed by atoms with van der Waals surface area (Å²) in [5.74, 6) is 0.804. The Kier molecular flexibility index (Phi) is 4.79. The zero-order valence-corrected chi connectivity index (χ0v) is 11.9. The normalized spacial score (nSPS) is 24.4. The minimum Gasteiger partial charge on any atom is -0.312 e. The van der Waals surface area contributed by atoms with Gasteiger partial charge >= 0.3 is 0 Å². The highest BCUT2D eigenvalue weighted by Gasteiger charge is 2.21. The molecule has 2 heteroatoms. The fourth-order valence-corrected chi connectivity index (χ4v) is 2.88. The second kappa shape index (κ2) is 6.35. The summed E-state index contributed by atoms with van der Waals surface area (Å²) in [6, 6.07) is 9.48. The van der Waals surface area contributed by atoms with Crippen LogP contribution in [0.2, 0.25) is 0 Å². The van der Waals surface area contributed by atoms with Crippen LogP contribution in [0.4, 0.5) is 0 Å². The monoisotopic (exact) mass is 246 g/mol. The first kappa shape index (κ1) is 13.6. The van der Waals surface area contributed by atoms with Crippen molar-refractivity contribution >= 4 is 0 Å². The molecule has 0 aliphatic carbocycles. The van der Waals surface area contributed by atoms with E-state index >= 15 is 0 Å². The number of likely N-dealkylation sites (N-methyl/N-ethyl adjacent to an activating group) is 1. The third-order valence-electron chi connectivity index (χ3n) is 3.97. The van der Waals surface area contributed by atoms with E-state index in [4.69, 9.17) is 0 Å². The summed E-state index contributed by atoms with van der Waals surface area (Å²) in [7, 11) is 2.23. The SMILES string of the molecule is Cc1cccc(CN(C)CC2NCCCC2C)c1. The molecule has 0 radical (unpaired) electrons. The van der Waals surface area contributed by atoms with Crippen molar-refractivity contribution in [1.29, 1.82) is 0 Å². The van der Waals surface area contributed by atoms with Gasteiger partial charge in [0.05, 0.1) is 0 Å². The lowest BCUT2D eigenvalue weighted by atomic mass is 9.92. The van der Waals surface area contributed by atoms with Gasteiger partial charge in [-0.2, -0.15) is 0 Å². The molecule has 0 bridgehead atoms. The fourth-order valence-electron chi connectivity index (χ4n) is 2.88. The van der Waals surface area contributed by atoms with Gasteiger partial charge in [-0.3, -0.25) is 0 Å². The van der Waals surface area contributed by atoms with E-state index in [2.05, 4.69) is 55.4 Å². The quantitative estimate of drug-likeness (QED) is 0.879. The molecule has 0 spiro atoms. The molecule has 1 aromatic carbocycles. The Labute approximate surface area is 111 Å². The molecular formula is C16H26N2. The van der Waals surface area contributed by atoms with Crippen LogP contribution in [0.5, 0.6) is 0 Å². The third kappa shape index (κ3) is 3.82. The van der Waals surface area contributed by atoms with E-state index in [0.29, 0.717) is 6.04 Å². The summed E-state index contributed by atoms with van der Waals surface area (Å²) in [6.45, 7) is 7.92. The molecule has 0 amide bonds. The van der Waals surface area contributed by atoms with E-state index in [9.17, 15) is 0 Å². The molecule has 2 rings (SSSR count). The predicted molar refractivity (Wildman–Crippen MR) is 77.7 cm³/mol.